The summed E-state index contributed by atoms with van der Waals surface area (Å²) in [6.07, 6.45) is 0.898. The van der Waals surface area contributed by atoms with Crippen LogP contribution in [0.4, 0.5) is 4.39 Å². The maximum atomic E-state index is 12.6. The lowest BCUT2D eigenvalue weighted by molar-refractivity contribution is 0.624. The Morgan fingerprint density at radius 3 is 2.54 bits per heavy atom. The molecule has 13 heavy (non-hydrogen) atoms. The number of nitriles is 1. The molecule has 0 bridgehead atoms. The van der Waals surface area contributed by atoms with Gasteiger partial charge in [-0.15, -0.1) is 0 Å². The van der Waals surface area contributed by atoms with Crippen molar-refractivity contribution < 1.29 is 4.39 Å². The maximum absolute atomic E-state index is 12.6. The number of hydrogen-bond donors (Lipinski definition) is 0. The van der Waals surface area contributed by atoms with E-state index in [4.69, 9.17) is 5.26 Å². The third kappa shape index (κ3) is 1.21. The summed E-state index contributed by atoms with van der Waals surface area (Å²) in [5.41, 5.74) is 1.04. The van der Waals surface area contributed by atoms with Crippen LogP contribution in [0.15, 0.2) is 24.3 Å². The van der Waals surface area contributed by atoms with E-state index < -0.39 is 0 Å². The second-order valence-corrected chi connectivity index (χ2v) is 3.81. The molecule has 1 saturated carbocycles. The van der Waals surface area contributed by atoms with Crippen LogP contribution in [-0.2, 0) is 5.41 Å². The minimum absolute atomic E-state index is 0.0253. The predicted octanol–water partition coefficient (Wildman–Crippen LogP) is 2.63. The molecule has 0 aromatic heterocycles. The van der Waals surface area contributed by atoms with E-state index in [-0.39, 0.29) is 17.2 Å². The van der Waals surface area contributed by atoms with E-state index in [2.05, 4.69) is 6.07 Å². The lowest BCUT2D eigenvalue weighted by Gasteiger charge is -2.08. The van der Waals surface area contributed by atoms with Crippen molar-refractivity contribution in [3.8, 4) is 6.07 Å². The third-order valence-electron chi connectivity index (χ3n) is 2.90. The van der Waals surface area contributed by atoms with Crippen molar-refractivity contribution in [2.75, 3.05) is 0 Å². The zero-order chi connectivity index (χ0) is 9.47. The minimum atomic E-state index is -0.221. The van der Waals surface area contributed by atoms with E-state index in [0.29, 0.717) is 0 Å². The van der Waals surface area contributed by atoms with Gasteiger partial charge in [0.2, 0.25) is 0 Å². The first-order valence-electron chi connectivity index (χ1n) is 4.32. The monoisotopic (exact) mass is 175 g/mol. The molecule has 2 unspecified atom stereocenters. The van der Waals surface area contributed by atoms with Gasteiger partial charge in [-0.05, 0) is 24.1 Å². The molecule has 0 spiro atoms. The lowest BCUT2D eigenvalue weighted by Crippen LogP contribution is -2.03. The Hall–Kier alpha value is -1.36. The quantitative estimate of drug-likeness (QED) is 0.643. The molecule has 66 valence electrons. The van der Waals surface area contributed by atoms with Crippen molar-refractivity contribution >= 4 is 0 Å². The summed E-state index contributed by atoms with van der Waals surface area (Å²) < 4.78 is 12.6. The maximum Gasteiger partial charge on any atom is 0.123 e. The van der Waals surface area contributed by atoms with E-state index in [1.807, 2.05) is 6.92 Å². The third-order valence-corrected chi connectivity index (χ3v) is 2.90. The average Bonchev–Trinajstić information content (AvgIpc) is 2.80. The first-order valence-corrected chi connectivity index (χ1v) is 4.32. The standard InChI is InChI=1S/C11H10FN/c1-11(6-9(11)7-13)8-2-4-10(12)5-3-8/h2-5,9H,6H2,1H3. The number of hydrogen-bond acceptors (Lipinski definition) is 1. The lowest BCUT2D eigenvalue weighted by atomic mass is 9.96. The predicted molar refractivity (Wildman–Crippen MR) is 47.5 cm³/mol. The van der Waals surface area contributed by atoms with Crippen LogP contribution in [0.2, 0.25) is 0 Å². The van der Waals surface area contributed by atoms with Crippen molar-refractivity contribution in [1.29, 1.82) is 5.26 Å². The van der Waals surface area contributed by atoms with Crippen LogP contribution in [0.25, 0.3) is 0 Å². The molecule has 2 atom stereocenters. The summed E-state index contributed by atoms with van der Waals surface area (Å²) in [6, 6.07) is 8.69. The molecule has 1 aliphatic rings. The summed E-state index contributed by atoms with van der Waals surface area (Å²) in [7, 11) is 0. The van der Waals surface area contributed by atoms with Crippen LogP contribution < -0.4 is 0 Å². The van der Waals surface area contributed by atoms with E-state index in [9.17, 15) is 4.39 Å². The Balaban J connectivity index is 2.29. The number of benzene rings is 1. The SMILES string of the molecule is CC1(c2ccc(F)cc2)CC1C#N. The van der Waals surface area contributed by atoms with Crippen molar-refractivity contribution in [3.05, 3.63) is 35.6 Å². The fourth-order valence-corrected chi connectivity index (χ4v) is 1.70. The summed E-state index contributed by atoms with van der Waals surface area (Å²) in [5.74, 6) is -0.112. The van der Waals surface area contributed by atoms with E-state index in [0.717, 1.165) is 12.0 Å². The summed E-state index contributed by atoms with van der Waals surface area (Å²) in [5, 5.41) is 8.73. The summed E-state index contributed by atoms with van der Waals surface area (Å²) in [6.45, 7) is 2.05. The molecule has 1 nitrogen and oxygen atoms in total. The van der Waals surface area contributed by atoms with E-state index in [1.54, 1.807) is 12.1 Å². The van der Waals surface area contributed by atoms with Crippen molar-refractivity contribution in [2.45, 2.75) is 18.8 Å². The molecule has 0 aliphatic heterocycles. The average molecular weight is 175 g/mol. The van der Waals surface area contributed by atoms with Crippen LogP contribution in [0.3, 0.4) is 0 Å². The molecular formula is C11H10FN. The molecule has 0 radical (unpaired) electrons. The molecule has 2 heteroatoms. The highest BCUT2D eigenvalue weighted by molar-refractivity contribution is 5.35. The zero-order valence-electron chi connectivity index (χ0n) is 7.42. The Bertz CT molecular complexity index is 363. The van der Waals surface area contributed by atoms with Crippen LogP contribution in [0.1, 0.15) is 18.9 Å². The highest BCUT2D eigenvalue weighted by Gasteiger charge is 2.51. The summed E-state index contributed by atoms with van der Waals surface area (Å²) in [4.78, 5) is 0. The van der Waals surface area contributed by atoms with Gasteiger partial charge in [-0.25, -0.2) is 4.39 Å². The Morgan fingerprint density at radius 1 is 1.46 bits per heavy atom. The van der Waals surface area contributed by atoms with Gasteiger partial charge in [-0.1, -0.05) is 19.1 Å². The highest BCUT2D eigenvalue weighted by atomic mass is 19.1. The van der Waals surface area contributed by atoms with E-state index in [1.165, 1.54) is 12.1 Å². The molecular weight excluding hydrogens is 165 g/mol. The minimum Gasteiger partial charge on any atom is -0.207 e. The van der Waals surface area contributed by atoms with Crippen molar-refractivity contribution in [2.24, 2.45) is 5.92 Å². The topological polar surface area (TPSA) is 23.8 Å². The van der Waals surface area contributed by atoms with Gasteiger partial charge in [0.1, 0.15) is 5.82 Å². The van der Waals surface area contributed by atoms with Crippen molar-refractivity contribution in [3.63, 3.8) is 0 Å². The van der Waals surface area contributed by atoms with Crippen LogP contribution >= 0.6 is 0 Å². The van der Waals surface area contributed by atoms with Gasteiger partial charge in [0.05, 0.1) is 12.0 Å². The fourth-order valence-electron chi connectivity index (χ4n) is 1.70. The smallest absolute Gasteiger partial charge is 0.123 e. The van der Waals surface area contributed by atoms with Crippen LogP contribution in [0, 0.1) is 23.1 Å². The largest absolute Gasteiger partial charge is 0.207 e. The van der Waals surface area contributed by atoms with E-state index >= 15 is 0 Å². The molecule has 1 aliphatic carbocycles. The van der Waals surface area contributed by atoms with Gasteiger partial charge >= 0.3 is 0 Å². The second kappa shape index (κ2) is 2.56. The zero-order valence-corrected chi connectivity index (χ0v) is 7.42. The molecule has 0 N–H and O–H groups in total. The Morgan fingerprint density at radius 2 is 2.08 bits per heavy atom. The Labute approximate surface area is 76.8 Å². The molecule has 0 saturated heterocycles. The highest BCUT2D eigenvalue weighted by Crippen LogP contribution is 2.53. The number of halogens is 1. The summed E-state index contributed by atoms with van der Waals surface area (Å²) >= 11 is 0. The molecule has 2 rings (SSSR count). The molecule has 0 heterocycles. The number of rotatable bonds is 1. The van der Waals surface area contributed by atoms with Gasteiger partial charge in [0.15, 0.2) is 0 Å². The van der Waals surface area contributed by atoms with Gasteiger partial charge in [0, 0.05) is 5.41 Å². The molecule has 1 fully saturated rings. The van der Waals surface area contributed by atoms with Crippen LogP contribution in [-0.4, -0.2) is 0 Å². The van der Waals surface area contributed by atoms with Gasteiger partial charge in [0.25, 0.3) is 0 Å². The normalized spacial score (nSPS) is 31.0. The first kappa shape index (κ1) is 8.25. The molecule has 1 aromatic carbocycles. The van der Waals surface area contributed by atoms with Gasteiger partial charge < -0.3 is 0 Å². The van der Waals surface area contributed by atoms with Crippen molar-refractivity contribution in [1.82, 2.24) is 0 Å². The van der Waals surface area contributed by atoms with Crippen LogP contribution in [0.5, 0.6) is 0 Å². The fraction of sp³-hybridized carbons (Fsp3) is 0.364. The second-order valence-electron chi connectivity index (χ2n) is 3.81. The first-order chi connectivity index (χ1) is 6.16. The number of nitrogens with zero attached hydrogens (tertiary/aromatic N) is 1. The Kier molecular flexibility index (Phi) is 1.63. The molecule has 0 amide bonds. The van der Waals surface area contributed by atoms with Gasteiger partial charge in [-0.2, -0.15) is 5.26 Å². The van der Waals surface area contributed by atoms with Gasteiger partial charge in [-0.3, -0.25) is 0 Å². The molecule has 1 aromatic rings.